The van der Waals surface area contributed by atoms with Gasteiger partial charge in [0, 0.05) is 17.7 Å². The van der Waals surface area contributed by atoms with Crippen molar-refractivity contribution in [1.82, 2.24) is 0 Å². The molecule has 5 rings (SSSR count). The normalized spacial score (nSPS) is 33.0. The van der Waals surface area contributed by atoms with Crippen LogP contribution in [0.15, 0.2) is 45.6 Å². The fraction of sp³-hybridized carbons (Fsp3) is 0.444. The van der Waals surface area contributed by atoms with Crippen molar-refractivity contribution in [3.63, 3.8) is 0 Å². The molecule has 2 aliphatic heterocycles. The summed E-state index contributed by atoms with van der Waals surface area (Å²) >= 11 is 0. The summed E-state index contributed by atoms with van der Waals surface area (Å²) in [7, 11) is 0. The first-order valence-electron chi connectivity index (χ1n) is 13.0. The van der Waals surface area contributed by atoms with Crippen LogP contribution in [0.2, 0.25) is 0 Å². The van der Waals surface area contributed by atoms with Gasteiger partial charge in [-0.2, -0.15) is 0 Å². The molecule has 2 aliphatic rings. The van der Waals surface area contributed by atoms with Crippen LogP contribution in [0.3, 0.4) is 0 Å². The molecule has 10 atom stereocenters. The van der Waals surface area contributed by atoms with Crippen LogP contribution in [0.5, 0.6) is 23.0 Å². The van der Waals surface area contributed by atoms with E-state index in [1.54, 1.807) is 0 Å². The van der Waals surface area contributed by atoms with Crippen LogP contribution in [-0.4, -0.2) is 126 Å². The van der Waals surface area contributed by atoms with E-state index in [-0.39, 0.29) is 28.4 Å². The summed E-state index contributed by atoms with van der Waals surface area (Å²) in [6.07, 6.45) is -16.7. The Balaban J connectivity index is 1.39. The third-order valence-corrected chi connectivity index (χ3v) is 7.27. The molecule has 1 aromatic heterocycles. The fourth-order valence-corrected chi connectivity index (χ4v) is 4.93. The number of ether oxygens (including phenoxy) is 4. The zero-order valence-corrected chi connectivity index (χ0v) is 22.1. The maximum absolute atomic E-state index is 12.8. The summed E-state index contributed by atoms with van der Waals surface area (Å²) in [5.41, 5.74) is -0.981. The molecule has 3 heterocycles. The number of rotatable bonds is 7. The topological polar surface area (TPSA) is 269 Å². The molecule has 10 N–H and O–H groups in total. The Kier molecular flexibility index (Phi) is 8.77. The highest BCUT2D eigenvalue weighted by atomic mass is 16.7. The quantitative estimate of drug-likeness (QED) is 0.133. The number of hydrogen-bond donors (Lipinski definition) is 10. The zero-order valence-electron chi connectivity index (χ0n) is 22.1. The minimum absolute atomic E-state index is 0.0741. The number of benzene rings is 2. The molecule has 0 saturated carbocycles. The molecule has 43 heavy (non-hydrogen) atoms. The SMILES string of the molecule is O=c1c(O)c(-c2ccc(O)cc2)oc2cc(O[C@@H]3O[C@H](CO)[C@@H](O[C@@H]4O[C@H](CO)[C@@H](O)[C@H](O)[C@H]4O)[C@H](O)[C@H]3O)cc(O)c12. The zero-order chi connectivity index (χ0) is 31.2. The van der Waals surface area contributed by atoms with Gasteiger partial charge in [-0.3, -0.25) is 4.79 Å². The number of aliphatic hydroxyl groups excluding tert-OH is 7. The third-order valence-electron chi connectivity index (χ3n) is 7.27. The fourth-order valence-electron chi connectivity index (χ4n) is 4.93. The third kappa shape index (κ3) is 5.73. The van der Waals surface area contributed by atoms with E-state index < -0.39 is 96.9 Å². The van der Waals surface area contributed by atoms with Crippen LogP contribution in [-0.2, 0) is 14.2 Å². The second kappa shape index (κ2) is 12.2. The molecule has 2 aromatic carbocycles. The molecule has 0 bridgehead atoms. The highest BCUT2D eigenvalue weighted by Crippen LogP contribution is 2.37. The maximum atomic E-state index is 12.8. The predicted octanol–water partition coefficient (Wildman–Crippen LogP) is -2.42. The van der Waals surface area contributed by atoms with Crippen LogP contribution in [0.4, 0.5) is 0 Å². The molecule has 3 aromatic rings. The van der Waals surface area contributed by atoms with E-state index in [1.165, 1.54) is 24.3 Å². The van der Waals surface area contributed by atoms with Gasteiger partial charge in [-0.15, -0.1) is 0 Å². The van der Waals surface area contributed by atoms with Crippen molar-refractivity contribution in [2.75, 3.05) is 13.2 Å². The molecule has 2 fully saturated rings. The van der Waals surface area contributed by atoms with Crippen LogP contribution in [0.25, 0.3) is 22.3 Å². The molecule has 0 aliphatic carbocycles. The van der Waals surface area contributed by atoms with Crippen molar-refractivity contribution < 1.29 is 74.4 Å². The molecule has 0 radical (unpaired) electrons. The van der Waals surface area contributed by atoms with Gasteiger partial charge in [0.05, 0.1) is 13.2 Å². The molecule has 0 spiro atoms. The lowest BCUT2D eigenvalue weighted by molar-refractivity contribution is -0.352. The number of hydrogen-bond acceptors (Lipinski definition) is 16. The number of aromatic hydroxyl groups is 3. The first-order valence-corrected chi connectivity index (χ1v) is 13.0. The standard InChI is InChI=1S/C27H30O16/c28-7-14-17(32)19(34)22(37)27(41-14)43-25-15(8-29)42-26(23(38)21(25)36)39-11-5-12(31)16-13(6-11)40-24(20(35)18(16)33)9-1-3-10(30)4-2-9/h1-6,14-15,17,19,21-23,25-32,34-38H,7-8H2/t14-,15-,17-,19+,21-,22-,23-,25-,26-,27+/m1/s1. The predicted molar refractivity (Wildman–Crippen MR) is 140 cm³/mol. The van der Waals surface area contributed by atoms with Crippen molar-refractivity contribution >= 4 is 11.0 Å². The molecule has 0 unspecified atom stereocenters. The molecule has 16 heteroatoms. The van der Waals surface area contributed by atoms with E-state index in [0.29, 0.717) is 0 Å². The second-order valence-corrected chi connectivity index (χ2v) is 10.1. The lowest BCUT2D eigenvalue weighted by Crippen LogP contribution is -2.65. The Hall–Kier alpha value is -3.55. The van der Waals surface area contributed by atoms with Crippen molar-refractivity contribution in [3.8, 4) is 34.3 Å². The van der Waals surface area contributed by atoms with E-state index in [1.807, 2.05) is 0 Å². The van der Waals surface area contributed by atoms with Gasteiger partial charge >= 0.3 is 0 Å². The summed E-state index contributed by atoms with van der Waals surface area (Å²) in [5.74, 6) is -2.03. The van der Waals surface area contributed by atoms with Crippen molar-refractivity contribution in [2.45, 2.75) is 61.4 Å². The number of phenols is 2. The first kappa shape index (κ1) is 30.9. The summed E-state index contributed by atoms with van der Waals surface area (Å²) in [5, 5.41) is 101. The smallest absolute Gasteiger partial charge is 0.238 e. The van der Waals surface area contributed by atoms with E-state index in [9.17, 15) is 55.9 Å². The Morgan fingerprint density at radius 3 is 2.02 bits per heavy atom. The number of fused-ring (bicyclic) bond motifs is 1. The second-order valence-electron chi connectivity index (χ2n) is 10.1. The average molecular weight is 611 g/mol. The monoisotopic (exact) mass is 610 g/mol. The van der Waals surface area contributed by atoms with Gasteiger partial charge < -0.3 is 74.4 Å². The van der Waals surface area contributed by atoms with Crippen molar-refractivity contribution in [3.05, 3.63) is 46.6 Å². The highest BCUT2D eigenvalue weighted by molar-refractivity contribution is 5.88. The summed E-state index contributed by atoms with van der Waals surface area (Å²) in [4.78, 5) is 12.8. The van der Waals surface area contributed by atoms with E-state index >= 15 is 0 Å². The Morgan fingerprint density at radius 2 is 1.37 bits per heavy atom. The average Bonchev–Trinajstić information content (AvgIpc) is 2.98. The highest BCUT2D eigenvalue weighted by Gasteiger charge is 2.51. The molecule has 16 nitrogen and oxygen atoms in total. The lowest BCUT2D eigenvalue weighted by Gasteiger charge is -2.45. The summed E-state index contributed by atoms with van der Waals surface area (Å²) in [6.45, 7) is -1.55. The molecule has 0 amide bonds. The van der Waals surface area contributed by atoms with Gasteiger partial charge in [-0.05, 0) is 24.3 Å². The van der Waals surface area contributed by atoms with Crippen LogP contribution in [0, 0.1) is 0 Å². The number of phenolic OH excluding ortho intramolecular Hbond substituents is 2. The molecule has 2 saturated heterocycles. The first-order chi connectivity index (χ1) is 20.4. The largest absolute Gasteiger partial charge is 0.508 e. The Labute approximate surface area is 241 Å². The van der Waals surface area contributed by atoms with Gasteiger partial charge in [0.1, 0.15) is 77.0 Å². The van der Waals surface area contributed by atoms with Gasteiger partial charge in [0.15, 0.2) is 12.1 Å². The molecule has 234 valence electrons. The van der Waals surface area contributed by atoms with Crippen LogP contribution >= 0.6 is 0 Å². The van der Waals surface area contributed by atoms with E-state index in [2.05, 4.69) is 0 Å². The lowest BCUT2D eigenvalue weighted by atomic mass is 9.97. The minimum Gasteiger partial charge on any atom is -0.508 e. The van der Waals surface area contributed by atoms with Gasteiger partial charge in [-0.1, -0.05) is 0 Å². The van der Waals surface area contributed by atoms with Gasteiger partial charge in [0.25, 0.3) is 0 Å². The van der Waals surface area contributed by atoms with Crippen molar-refractivity contribution in [1.29, 1.82) is 0 Å². The van der Waals surface area contributed by atoms with Gasteiger partial charge in [-0.25, -0.2) is 0 Å². The summed E-state index contributed by atoms with van der Waals surface area (Å²) < 4.78 is 27.6. The van der Waals surface area contributed by atoms with Crippen molar-refractivity contribution in [2.24, 2.45) is 0 Å². The van der Waals surface area contributed by atoms with Crippen LogP contribution < -0.4 is 10.2 Å². The maximum Gasteiger partial charge on any atom is 0.238 e. The molecular formula is C27H30O16. The Morgan fingerprint density at radius 1 is 0.744 bits per heavy atom. The summed E-state index contributed by atoms with van der Waals surface area (Å²) in [6, 6.07) is 7.47. The minimum atomic E-state index is -1.88. The number of aliphatic hydroxyl groups is 7. The van der Waals surface area contributed by atoms with Crippen LogP contribution in [0.1, 0.15) is 0 Å². The molecular weight excluding hydrogens is 580 g/mol. The Bertz CT molecular complexity index is 1490. The van der Waals surface area contributed by atoms with Gasteiger partial charge in [0.2, 0.25) is 17.5 Å². The van der Waals surface area contributed by atoms with E-state index in [0.717, 1.165) is 12.1 Å². The van der Waals surface area contributed by atoms with E-state index in [4.69, 9.17) is 23.4 Å².